The minimum absolute atomic E-state index is 1.28. The van der Waals surface area contributed by atoms with Crippen molar-refractivity contribution in [2.45, 2.75) is 27.7 Å². The molecule has 0 atom stereocenters. The Kier molecular flexibility index (Phi) is 10.4. The molecule has 0 saturated carbocycles. The number of nitrogens with zero attached hydrogens (tertiary/aromatic N) is 1. The van der Waals surface area contributed by atoms with Crippen LogP contribution in [0, 0.1) is 0 Å². The van der Waals surface area contributed by atoms with E-state index >= 15 is 0 Å². The van der Waals surface area contributed by atoms with E-state index in [1.807, 2.05) is 0 Å². The van der Waals surface area contributed by atoms with Crippen molar-refractivity contribution in [3.05, 3.63) is 0 Å². The van der Waals surface area contributed by atoms with Crippen LogP contribution in [0.3, 0.4) is 0 Å². The summed E-state index contributed by atoms with van der Waals surface area (Å²) in [4.78, 5) is 0. The molecule has 0 radical (unpaired) electrons. The topological polar surface area (TPSA) is 57.2 Å². The Hall–Kier alpha value is 0.104. The van der Waals surface area contributed by atoms with Crippen molar-refractivity contribution in [1.29, 1.82) is 0 Å². The number of quaternary nitrogens is 1. The van der Waals surface area contributed by atoms with Gasteiger partial charge >= 0.3 is 26.8 Å². The third kappa shape index (κ3) is 8.43. The summed E-state index contributed by atoms with van der Waals surface area (Å²) in [5, 5.41) is 0. The molecule has 0 unspecified atom stereocenters. The van der Waals surface area contributed by atoms with Gasteiger partial charge in [-0.3, -0.25) is 0 Å². The first-order chi connectivity index (χ1) is 5.97. The predicted molar refractivity (Wildman–Crippen MR) is 43.8 cm³/mol. The van der Waals surface area contributed by atoms with E-state index in [2.05, 4.69) is 27.7 Å². The van der Waals surface area contributed by atoms with E-state index in [0.29, 0.717) is 0 Å². The van der Waals surface area contributed by atoms with Crippen LogP contribution in [0.2, 0.25) is 0 Å². The molecule has 80 valence electrons. The average Bonchev–Trinajstić information content (AvgIpc) is 2.09. The average molecular weight is 229 g/mol. The van der Waals surface area contributed by atoms with Crippen LogP contribution in [0.5, 0.6) is 0 Å². The Morgan fingerprint density at radius 1 is 0.923 bits per heavy atom. The van der Waals surface area contributed by atoms with E-state index in [1.165, 1.54) is 30.7 Å². The zero-order chi connectivity index (χ0) is 10.9. The summed E-state index contributed by atoms with van der Waals surface area (Å²) < 4.78 is 27.0. The summed E-state index contributed by atoms with van der Waals surface area (Å²) in [6, 6.07) is 0. The van der Waals surface area contributed by atoms with Gasteiger partial charge in [-0.1, -0.05) is 0 Å². The molecule has 0 saturated heterocycles. The second-order valence-electron chi connectivity index (χ2n) is 2.83. The molecule has 0 heterocycles. The summed E-state index contributed by atoms with van der Waals surface area (Å²) in [5.41, 5.74) is 0. The molecule has 0 amide bonds. The molecule has 0 aliphatic heterocycles. The van der Waals surface area contributed by atoms with E-state index in [4.69, 9.17) is 11.4 Å². The molecule has 0 aromatic rings. The van der Waals surface area contributed by atoms with E-state index < -0.39 is 15.4 Å². The molecule has 0 spiro atoms. The quantitative estimate of drug-likeness (QED) is 0.658. The van der Waals surface area contributed by atoms with Crippen molar-refractivity contribution >= 4 is 0 Å². The second-order valence-corrected chi connectivity index (χ2v) is 3.53. The first-order valence-corrected chi connectivity index (χ1v) is 6.35. The maximum atomic E-state index is 8.56. The van der Waals surface area contributed by atoms with Crippen molar-refractivity contribution in [3.8, 4) is 0 Å². The van der Waals surface area contributed by atoms with E-state index in [1.54, 1.807) is 0 Å². The zero-order valence-corrected chi connectivity index (χ0v) is 10.3. The van der Waals surface area contributed by atoms with Crippen LogP contribution in [0.15, 0.2) is 0 Å². The van der Waals surface area contributed by atoms with Crippen molar-refractivity contribution in [2.24, 2.45) is 0 Å². The third-order valence-corrected chi connectivity index (χ3v) is 2.68. The van der Waals surface area contributed by atoms with E-state index in [-0.39, 0.29) is 0 Å². The van der Waals surface area contributed by atoms with Gasteiger partial charge in [0.15, 0.2) is 0 Å². The maximum absolute atomic E-state index is 8.56. The molecule has 0 aliphatic rings. The number of hydrogen-bond donors (Lipinski definition) is 0. The zero-order valence-electron chi connectivity index (χ0n) is 8.95. The van der Waals surface area contributed by atoms with Crippen LogP contribution in [0.25, 0.3) is 0 Å². The van der Waals surface area contributed by atoms with Crippen LogP contribution in [0.1, 0.15) is 27.7 Å². The SMILES string of the molecule is CC[N+](CC)(CC)CC.[O]=[V](=[O])[O-]. The molecular weight excluding hydrogens is 209 g/mol. The Morgan fingerprint density at radius 2 is 1.08 bits per heavy atom. The molecule has 4 nitrogen and oxygen atoms in total. The molecule has 0 fully saturated rings. The van der Waals surface area contributed by atoms with Crippen molar-refractivity contribution in [1.82, 2.24) is 0 Å². The molecule has 0 N–H and O–H groups in total. The fraction of sp³-hybridized carbons (Fsp3) is 1.00. The Balaban J connectivity index is 0. The van der Waals surface area contributed by atoms with Crippen molar-refractivity contribution in [2.75, 3.05) is 26.2 Å². The Morgan fingerprint density at radius 3 is 1.08 bits per heavy atom. The normalized spacial score (nSPS) is 10.2. The van der Waals surface area contributed by atoms with Crippen molar-refractivity contribution in [3.63, 3.8) is 0 Å². The first kappa shape index (κ1) is 15.6. The van der Waals surface area contributed by atoms with Gasteiger partial charge in [0.25, 0.3) is 0 Å². The van der Waals surface area contributed by atoms with Gasteiger partial charge in [0, 0.05) is 0 Å². The predicted octanol–water partition coefficient (Wildman–Crippen LogP) is 0.454. The molecule has 0 aliphatic carbocycles. The van der Waals surface area contributed by atoms with Crippen LogP contribution in [-0.2, 0) is 22.7 Å². The molecule has 0 bridgehead atoms. The molecule has 0 aromatic heterocycles. The van der Waals surface area contributed by atoms with Crippen LogP contribution < -0.4 is 4.03 Å². The summed E-state index contributed by atoms with van der Waals surface area (Å²) in [7, 11) is 0. The van der Waals surface area contributed by atoms with E-state index in [0.717, 1.165) is 0 Å². The first-order valence-electron chi connectivity index (χ1n) is 4.64. The van der Waals surface area contributed by atoms with Gasteiger partial charge in [0.2, 0.25) is 0 Å². The fourth-order valence-corrected chi connectivity index (χ4v) is 1.34. The van der Waals surface area contributed by atoms with Crippen LogP contribution in [-0.4, -0.2) is 30.7 Å². The Labute approximate surface area is 85.5 Å². The van der Waals surface area contributed by atoms with Crippen LogP contribution in [0.4, 0.5) is 0 Å². The van der Waals surface area contributed by atoms with Gasteiger partial charge in [-0.15, -0.1) is 0 Å². The summed E-state index contributed by atoms with van der Waals surface area (Å²) in [5.74, 6) is 0. The third-order valence-electron chi connectivity index (χ3n) is 2.68. The second kappa shape index (κ2) is 8.69. The summed E-state index contributed by atoms with van der Waals surface area (Å²) in [6.45, 7) is 14.2. The minimum atomic E-state index is -3.94. The Bertz CT molecular complexity index is 151. The molecule has 5 heteroatoms. The van der Waals surface area contributed by atoms with Gasteiger partial charge in [-0.2, -0.15) is 0 Å². The fourth-order valence-electron chi connectivity index (χ4n) is 1.34. The molecule has 0 aromatic carbocycles. The monoisotopic (exact) mass is 229 g/mol. The van der Waals surface area contributed by atoms with Crippen molar-refractivity contribution < 1.29 is 31.3 Å². The molecular formula is C8H20NO3V. The standard InChI is InChI=1S/C8H20N.3O.V/c1-5-9(6-2,7-3)8-4;;;;/h5-8H2,1-4H3;;;;/q+1;;;-1;. The van der Waals surface area contributed by atoms with Gasteiger partial charge in [0.05, 0.1) is 26.2 Å². The summed E-state index contributed by atoms with van der Waals surface area (Å²) in [6.07, 6.45) is 0. The van der Waals surface area contributed by atoms with Gasteiger partial charge < -0.3 is 4.48 Å². The van der Waals surface area contributed by atoms with Gasteiger partial charge in [0.1, 0.15) is 0 Å². The van der Waals surface area contributed by atoms with E-state index in [9.17, 15) is 0 Å². The van der Waals surface area contributed by atoms with Gasteiger partial charge in [-0.05, 0) is 27.7 Å². The number of rotatable bonds is 4. The van der Waals surface area contributed by atoms with Crippen LogP contribution >= 0.6 is 0 Å². The molecule has 13 heavy (non-hydrogen) atoms. The summed E-state index contributed by atoms with van der Waals surface area (Å²) >= 11 is -3.94. The van der Waals surface area contributed by atoms with Gasteiger partial charge in [-0.25, -0.2) is 0 Å². The number of hydrogen-bond acceptors (Lipinski definition) is 3. The molecule has 0 rings (SSSR count).